The maximum Gasteiger partial charge on any atom is 0.254 e. The normalized spacial score (nSPS) is 16.0. The van der Waals surface area contributed by atoms with Crippen molar-refractivity contribution in [1.82, 2.24) is 14.9 Å². The summed E-state index contributed by atoms with van der Waals surface area (Å²) < 4.78 is 2.12. The van der Waals surface area contributed by atoms with E-state index in [2.05, 4.69) is 75.6 Å². The van der Waals surface area contributed by atoms with Crippen molar-refractivity contribution >= 4 is 34.0 Å². The zero-order valence-corrected chi connectivity index (χ0v) is 20.0. The van der Waals surface area contributed by atoms with E-state index in [0.29, 0.717) is 17.9 Å². The van der Waals surface area contributed by atoms with Crippen molar-refractivity contribution in [3.63, 3.8) is 0 Å². The van der Waals surface area contributed by atoms with E-state index in [1.807, 2.05) is 18.3 Å². The number of aliphatic hydroxyl groups excluding tert-OH is 1. The predicted molar refractivity (Wildman–Crippen MR) is 139 cm³/mol. The number of nitrogens with zero attached hydrogens (tertiary/aromatic N) is 3. The Morgan fingerprint density at radius 2 is 1.94 bits per heavy atom. The van der Waals surface area contributed by atoms with E-state index in [4.69, 9.17) is 0 Å². The highest BCUT2D eigenvalue weighted by Crippen LogP contribution is 2.40. The van der Waals surface area contributed by atoms with Gasteiger partial charge in [-0.15, -0.1) is 0 Å². The molecule has 2 aromatic carbocycles. The minimum absolute atomic E-state index is 0.0625. The second-order valence-electron chi connectivity index (χ2n) is 9.56. The fraction of sp³-hybridized carbons (Fsp3) is 0.286. The highest BCUT2D eigenvalue weighted by Gasteiger charge is 2.28. The monoisotopic (exact) mass is 467 g/mol. The lowest BCUT2D eigenvalue weighted by molar-refractivity contribution is 0.0966. The van der Waals surface area contributed by atoms with Gasteiger partial charge in [-0.2, -0.15) is 0 Å². The van der Waals surface area contributed by atoms with Crippen LogP contribution in [0, 0.1) is 6.92 Å². The second kappa shape index (κ2) is 8.43. The number of hydrogen-bond donors (Lipinski definition) is 3. The van der Waals surface area contributed by atoms with Crippen LogP contribution in [0.15, 0.2) is 54.9 Å². The lowest BCUT2D eigenvalue weighted by Crippen LogP contribution is -2.35. The molecule has 1 fully saturated rings. The first-order valence-corrected chi connectivity index (χ1v) is 12.1. The first-order valence-electron chi connectivity index (χ1n) is 12.1. The summed E-state index contributed by atoms with van der Waals surface area (Å²) in [7, 11) is 2.05. The highest BCUT2D eigenvalue weighted by molar-refractivity contribution is 6.08. The van der Waals surface area contributed by atoms with Crippen LogP contribution in [0.5, 0.6) is 0 Å². The number of carbonyl (C=O) groups excluding carboxylic acids is 1. The van der Waals surface area contributed by atoms with Gasteiger partial charge in [-0.25, -0.2) is 4.98 Å². The molecule has 0 unspecified atom stereocenters. The van der Waals surface area contributed by atoms with Crippen molar-refractivity contribution in [2.75, 3.05) is 23.3 Å². The van der Waals surface area contributed by atoms with E-state index in [9.17, 15) is 9.90 Å². The fourth-order valence-corrected chi connectivity index (χ4v) is 5.48. The summed E-state index contributed by atoms with van der Waals surface area (Å²) in [5.41, 5.74) is 8.09. The molecule has 0 bridgehead atoms. The molecule has 1 saturated heterocycles. The van der Waals surface area contributed by atoms with Crippen molar-refractivity contribution in [1.29, 1.82) is 0 Å². The number of aliphatic hydroxyl groups is 1. The van der Waals surface area contributed by atoms with E-state index in [0.717, 1.165) is 59.6 Å². The van der Waals surface area contributed by atoms with Crippen LogP contribution < -0.4 is 15.5 Å². The van der Waals surface area contributed by atoms with Crippen LogP contribution in [0.1, 0.15) is 34.3 Å². The predicted octanol–water partition coefficient (Wildman–Crippen LogP) is 4.50. The number of carbonyl (C=O) groups is 1. The number of anilines is 3. The molecular weight excluding hydrogens is 438 g/mol. The van der Waals surface area contributed by atoms with Crippen LogP contribution >= 0.6 is 0 Å². The Morgan fingerprint density at radius 3 is 2.71 bits per heavy atom. The molecule has 0 spiro atoms. The van der Waals surface area contributed by atoms with Gasteiger partial charge in [-0.3, -0.25) is 4.79 Å². The summed E-state index contributed by atoms with van der Waals surface area (Å²) in [4.78, 5) is 19.8. The first kappa shape index (κ1) is 21.7. The van der Waals surface area contributed by atoms with Crippen molar-refractivity contribution in [2.45, 2.75) is 32.4 Å². The molecule has 0 aliphatic carbocycles. The van der Waals surface area contributed by atoms with Crippen LogP contribution in [0.4, 0.5) is 17.2 Å². The quantitative estimate of drug-likeness (QED) is 0.412. The number of hydrogen-bond acceptors (Lipinski definition) is 5. The molecule has 0 radical (unpaired) electrons. The van der Waals surface area contributed by atoms with E-state index in [1.54, 1.807) is 0 Å². The summed E-state index contributed by atoms with van der Waals surface area (Å²) >= 11 is 0. The maximum atomic E-state index is 12.9. The van der Waals surface area contributed by atoms with Crippen LogP contribution in [0.25, 0.3) is 22.0 Å². The van der Waals surface area contributed by atoms with Gasteiger partial charge in [-0.05, 0) is 72.4 Å². The summed E-state index contributed by atoms with van der Waals surface area (Å²) in [5.74, 6) is 0.637. The van der Waals surface area contributed by atoms with E-state index in [-0.39, 0.29) is 12.0 Å². The standard InChI is InChI=1S/C28H29N5O2/c1-17-14-23(31-25-7-6-18(15-29-25)33-12-8-19(34)9-13-33)27-22(16-30-28(27)35)26(17)21-4-3-5-24-20(21)10-11-32(24)2/h3-7,10-11,14-15,19,34H,8-9,12-13,16H2,1-2H3,(H,29,31)(H,30,35). The molecule has 3 N–H and O–H groups in total. The number of fused-ring (bicyclic) bond motifs is 2. The molecule has 178 valence electrons. The summed E-state index contributed by atoms with van der Waals surface area (Å²) in [6.07, 6.45) is 5.29. The average molecular weight is 468 g/mol. The molecule has 6 rings (SSSR count). The zero-order valence-electron chi connectivity index (χ0n) is 20.0. The van der Waals surface area contributed by atoms with E-state index < -0.39 is 0 Å². The molecule has 1 amide bonds. The number of amides is 1. The van der Waals surface area contributed by atoms with Gasteiger partial charge >= 0.3 is 0 Å². The van der Waals surface area contributed by atoms with Crippen molar-refractivity contribution in [3.8, 4) is 11.1 Å². The smallest absolute Gasteiger partial charge is 0.254 e. The van der Waals surface area contributed by atoms with E-state index in [1.165, 1.54) is 10.9 Å². The number of benzene rings is 2. The lowest BCUT2D eigenvalue weighted by Gasteiger charge is -2.31. The topological polar surface area (TPSA) is 82.4 Å². The number of aryl methyl sites for hydroxylation is 2. The molecule has 2 aliphatic heterocycles. The number of rotatable bonds is 4. The van der Waals surface area contributed by atoms with Crippen LogP contribution in [0.2, 0.25) is 0 Å². The summed E-state index contributed by atoms with van der Waals surface area (Å²) in [5, 5.41) is 17.4. The average Bonchev–Trinajstić information content (AvgIpc) is 3.43. The van der Waals surface area contributed by atoms with Crippen molar-refractivity contribution < 1.29 is 9.90 Å². The van der Waals surface area contributed by atoms with Gasteiger partial charge < -0.3 is 25.2 Å². The molecule has 2 aromatic heterocycles. The molecule has 4 heterocycles. The van der Waals surface area contributed by atoms with Crippen molar-refractivity contribution in [2.24, 2.45) is 7.05 Å². The van der Waals surface area contributed by atoms with Gasteiger partial charge in [-0.1, -0.05) is 12.1 Å². The Morgan fingerprint density at radius 1 is 1.11 bits per heavy atom. The minimum Gasteiger partial charge on any atom is -0.393 e. The molecule has 0 atom stereocenters. The Balaban J connectivity index is 1.36. The number of aromatic nitrogens is 2. The Labute approximate surface area is 204 Å². The number of piperidine rings is 1. The molecule has 35 heavy (non-hydrogen) atoms. The van der Waals surface area contributed by atoms with Gasteiger partial charge in [0.2, 0.25) is 0 Å². The molecule has 4 aromatic rings. The molecular formula is C28H29N5O2. The lowest BCUT2D eigenvalue weighted by atomic mass is 9.89. The zero-order chi connectivity index (χ0) is 24.1. The first-order chi connectivity index (χ1) is 17.0. The van der Waals surface area contributed by atoms with Gasteiger partial charge in [0, 0.05) is 43.8 Å². The molecule has 7 nitrogen and oxygen atoms in total. The third-order valence-corrected chi connectivity index (χ3v) is 7.32. The number of pyridine rings is 1. The summed E-state index contributed by atoms with van der Waals surface area (Å²) in [6.45, 7) is 4.28. The molecule has 2 aliphatic rings. The Hall–Kier alpha value is -3.84. The minimum atomic E-state index is -0.200. The SMILES string of the molecule is Cc1cc(Nc2ccc(N3CCC(O)CC3)cn2)c2c(c1-c1cccc3c1ccn3C)CNC2=O. The van der Waals surface area contributed by atoms with Gasteiger partial charge in [0.15, 0.2) is 0 Å². The van der Waals surface area contributed by atoms with Gasteiger partial charge in [0.05, 0.1) is 29.2 Å². The van der Waals surface area contributed by atoms with Crippen molar-refractivity contribution in [3.05, 3.63) is 71.5 Å². The fourth-order valence-electron chi connectivity index (χ4n) is 5.48. The summed E-state index contributed by atoms with van der Waals surface area (Å²) in [6, 6.07) is 14.5. The Bertz CT molecular complexity index is 1430. The second-order valence-corrected chi connectivity index (χ2v) is 9.56. The van der Waals surface area contributed by atoms with Gasteiger partial charge in [0.25, 0.3) is 5.91 Å². The van der Waals surface area contributed by atoms with Gasteiger partial charge in [0.1, 0.15) is 5.82 Å². The number of nitrogens with one attached hydrogen (secondary N) is 2. The third kappa shape index (κ3) is 3.72. The van der Waals surface area contributed by atoms with Crippen LogP contribution in [-0.4, -0.2) is 39.8 Å². The van der Waals surface area contributed by atoms with E-state index >= 15 is 0 Å². The third-order valence-electron chi connectivity index (χ3n) is 7.32. The highest BCUT2D eigenvalue weighted by atomic mass is 16.3. The largest absolute Gasteiger partial charge is 0.393 e. The van der Waals surface area contributed by atoms with Crippen LogP contribution in [0.3, 0.4) is 0 Å². The maximum absolute atomic E-state index is 12.9. The molecule has 7 heteroatoms. The molecule has 0 saturated carbocycles. The Kier molecular flexibility index (Phi) is 5.22. The van der Waals surface area contributed by atoms with Crippen LogP contribution in [-0.2, 0) is 13.6 Å².